The van der Waals surface area contributed by atoms with Crippen molar-refractivity contribution < 1.29 is 14.3 Å². The van der Waals surface area contributed by atoms with Crippen LogP contribution in [0.4, 0.5) is 16.3 Å². The Morgan fingerprint density at radius 3 is 2.76 bits per heavy atom. The van der Waals surface area contributed by atoms with Gasteiger partial charge in [-0.3, -0.25) is 9.78 Å². The van der Waals surface area contributed by atoms with Gasteiger partial charge in [-0.15, -0.1) is 0 Å². The quantitative estimate of drug-likeness (QED) is 0.845. The number of ether oxygens (including phenoxy) is 1. The molecular weight excluding hydrogens is 372 g/mol. The minimum absolute atomic E-state index is 0.0990. The van der Waals surface area contributed by atoms with E-state index in [0.717, 1.165) is 29.8 Å². The molecule has 2 aromatic heterocycles. The van der Waals surface area contributed by atoms with E-state index in [4.69, 9.17) is 4.98 Å². The van der Waals surface area contributed by atoms with E-state index in [1.165, 1.54) is 7.11 Å². The van der Waals surface area contributed by atoms with E-state index >= 15 is 0 Å². The summed E-state index contributed by atoms with van der Waals surface area (Å²) in [7, 11) is 3.10. The molecule has 1 aliphatic heterocycles. The third-order valence-electron chi connectivity index (χ3n) is 5.50. The Hall–Kier alpha value is -3.23. The number of aromatic nitrogens is 3. The van der Waals surface area contributed by atoms with E-state index in [-0.39, 0.29) is 18.5 Å². The van der Waals surface area contributed by atoms with Crippen LogP contribution in [0.15, 0.2) is 24.7 Å². The van der Waals surface area contributed by atoms with Crippen molar-refractivity contribution >= 4 is 23.5 Å². The van der Waals surface area contributed by atoms with Crippen LogP contribution in [0, 0.1) is 0 Å². The van der Waals surface area contributed by atoms with Crippen molar-refractivity contribution in [3.8, 4) is 11.4 Å². The highest BCUT2D eigenvalue weighted by atomic mass is 16.5. The van der Waals surface area contributed by atoms with Gasteiger partial charge in [0.25, 0.3) is 5.91 Å². The highest BCUT2D eigenvalue weighted by Crippen LogP contribution is 2.52. The molecule has 1 saturated carbocycles. The molecule has 1 N–H and O–H groups in total. The lowest BCUT2D eigenvalue weighted by molar-refractivity contribution is -0.121. The Morgan fingerprint density at radius 2 is 2.10 bits per heavy atom. The fraction of sp³-hybridized carbons (Fsp3) is 0.450. The number of rotatable bonds is 4. The Morgan fingerprint density at radius 1 is 1.34 bits per heavy atom. The first-order chi connectivity index (χ1) is 13.9. The van der Waals surface area contributed by atoms with Crippen LogP contribution in [-0.4, -0.2) is 52.7 Å². The molecule has 0 radical (unpaired) electrons. The topological polar surface area (TPSA) is 101 Å². The maximum absolute atomic E-state index is 12.9. The van der Waals surface area contributed by atoms with Crippen LogP contribution in [-0.2, 0) is 16.1 Å². The molecule has 9 heteroatoms. The van der Waals surface area contributed by atoms with Crippen molar-refractivity contribution in [2.24, 2.45) is 0 Å². The van der Waals surface area contributed by atoms with Gasteiger partial charge in [-0.25, -0.2) is 14.8 Å². The summed E-state index contributed by atoms with van der Waals surface area (Å²) in [4.78, 5) is 41.7. The van der Waals surface area contributed by atoms with Gasteiger partial charge >= 0.3 is 6.09 Å². The molecule has 0 unspecified atom stereocenters. The van der Waals surface area contributed by atoms with Crippen LogP contribution in [0.1, 0.15) is 32.3 Å². The highest BCUT2D eigenvalue weighted by Gasteiger charge is 2.60. The van der Waals surface area contributed by atoms with Crippen LogP contribution in [0.2, 0.25) is 0 Å². The molecule has 3 heterocycles. The second-order valence-electron chi connectivity index (χ2n) is 7.64. The van der Waals surface area contributed by atoms with Crippen LogP contribution in [0.3, 0.4) is 0 Å². The summed E-state index contributed by atoms with van der Waals surface area (Å²) in [5.74, 6) is 1.38. The first-order valence-corrected chi connectivity index (χ1v) is 9.58. The summed E-state index contributed by atoms with van der Waals surface area (Å²) in [5, 5.41) is 2.66. The Bertz CT molecular complexity index is 972. The molecule has 0 aromatic carbocycles. The van der Waals surface area contributed by atoms with Gasteiger partial charge in [0.15, 0.2) is 11.6 Å². The number of carbonyl (C=O) groups is 2. The zero-order valence-corrected chi connectivity index (χ0v) is 17.0. The number of hydrogen-bond donors (Lipinski definition) is 1. The molecule has 1 aliphatic carbocycles. The lowest BCUT2D eigenvalue weighted by Gasteiger charge is -2.43. The molecule has 1 spiro atoms. The molecule has 2 aromatic rings. The maximum Gasteiger partial charge on any atom is 0.407 e. The molecule has 152 valence electrons. The van der Waals surface area contributed by atoms with Crippen LogP contribution in [0.25, 0.3) is 11.4 Å². The minimum Gasteiger partial charge on any atom is -0.453 e. The van der Waals surface area contributed by atoms with Crippen molar-refractivity contribution in [3.63, 3.8) is 0 Å². The number of nitrogens with zero attached hydrogens (tertiary/aromatic N) is 5. The van der Waals surface area contributed by atoms with Gasteiger partial charge in [-0.05, 0) is 32.8 Å². The molecule has 2 aliphatic rings. The van der Waals surface area contributed by atoms with E-state index < -0.39 is 11.6 Å². The normalized spacial score (nSPS) is 16.8. The summed E-state index contributed by atoms with van der Waals surface area (Å²) in [6.07, 6.45) is 6.17. The average molecular weight is 396 g/mol. The number of methoxy groups -OCH3 is 1. The Balaban J connectivity index is 1.77. The molecule has 0 saturated heterocycles. The minimum atomic E-state index is -0.520. The molecule has 9 nitrogen and oxygen atoms in total. The summed E-state index contributed by atoms with van der Waals surface area (Å²) < 4.78 is 4.64. The van der Waals surface area contributed by atoms with Crippen molar-refractivity contribution in [1.29, 1.82) is 0 Å². The van der Waals surface area contributed by atoms with Gasteiger partial charge in [-0.2, -0.15) is 0 Å². The number of fused-ring (bicyclic) bond motifs is 1. The van der Waals surface area contributed by atoms with Gasteiger partial charge in [-0.1, -0.05) is 0 Å². The second-order valence-corrected chi connectivity index (χ2v) is 7.64. The first-order valence-electron chi connectivity index (χ1n) is 9.58. The summed E-state index contributed by atoms with van der Waals surface area (Å²) >= 11 is 0. The number of alkyl carbamates (subject to hydrolysis) is 1. The molecule has 4 rings (SSSR count). The maximum atomic E-state index is 12.9. The lowest BCUT2D eigenvalue weighted by atomic mass is 10.1. The zero-order chi connectivity index (χ0) is 20.8. The number of likely N-dealkylation sites (N-methyl/N-ethyl adjacent to an activating group) is 1. The van der Waals surface area contributed by atoms with Gasteiger partial charge < -0.3 is 19.9 Å². The van der Waals surface area contributed by atoms with Gasteiger partial charge in [0.1, 0.15) is 11.2 Å². The van der Waals surface area contributed by atoms with Crippen molar-refractivity contribution in [2.45, 2.75) is 44.8 Å². The van der Waals surface area contributed by atoms with E-state index in [9.17, 15) is 9.59 Å². The summed E-state index contributed by atoms with van der Waals surface area (Å²) in [6.45, 7) is 4.39. The van der Waals surface area contributed by atoms with Crippen LogP contribution in [0.5, 0.6) is 0 Å². The van der Waals surface area contributed by atoms with Crippen molar-refractivity contribution in [3.05, 3.63) is 30.2 Å². The SMILES string of the molecule is COC(=O)NCc1cnccc1-c1ncc2c(n1)N(C(C)C)C1(CC1)C(=O)N2C. The molecule has 0 atom stereocenters. The van der Waals surface area contributed by atoms with E-state index in [1.807, 2.05) is 6.07 Å². The lowest BCUT2D eigenvalue weighted by Crippen LogP contribution is -2.57. The number of nitrogens with one attached hydrogen (secondary N) is 1. The number of hydrogen-bond acceptors (Lipinski definition) is 7. The Kier molecular flexibility index (Phi) is 4.60. The largest absolute Gasteiger partial charge is 0.453 e. The van der Waals surface area contributed by atoms with Crippen molar-refractivity contribution in [1.82, 2.24) is 20.3 Å². The predicted molar refractivity (Wildman–Crippen MR) is 107 cm³/mol. The molecule has 1 fully saturated rings. The number of carbonyl (C=O) groups excluding carboxylic acids is 2. The predicted octanol–water partition coefficient (Wildman–Crippen LogP) is 2.12. The smallest absolute Gasteiger partial charge is 0.407 e. The number of pyridine rings is 1. The second kappa shape index (κ2) is 6.98. The zero-order valence-electron chi connectivity index (χ0n) is 17.0. The summed E-state index contributed by atoms with van der Waals surface area (Å²) in [6, 6.07) is 1.94. The van der Waals surface area contributed by atoms with Gasteiger partial charge in [0.2, 0.25) is 0 Å². The van der Waals surface area contributed by atoms with E-state index in [2.05, 4.69) is 38.8 Å². The van der Waals surface area contributed by atoms with E-state index in [0.29, 0.717) is 11.5 Å². The fourth-order valence-corrected chi connectivity index (χ4v) is 3.98. The molecule has 29 heavy (non-hydrogen) atoms. The number of anilines is 2. The summed E-state index contributed by atoms with van der Waals surface area (Å²) in [5.41, 5.74) is 1.76. The third kappa shape index (κ3) is 3.06. The van der Waals surface area contributed by atoms with Crippen molar-refractivity contribution in [2.75, 3.05) is 24.0 Å². The monoisotopic (exact) mass is 396 g/mol. The highest BCUT2D eigenvalue weighted by molar-refractivity contribution is 6.09. The van der Waals surface area contributed by atoms with E-state index in [1.54, 1.807) is 30.5 Å². The molecule has 2 amide bonds. The average Bonchev–Trinajstić information content (AvgIpc) is 3.51. The standard InChI is InChI=1S/C20H24N6O3/c1-12(2)26-17-15(25(3)18(27)20(26)6-7-20)11-22-16(24-17)14-5-8-21-9-13(14)10-23-19(28)29-4/h5,8-9,11-12H,6-7,10H2,1-4H3,(H,23,28). The molecule has 0 bridgehead atoms. The van der Waals surface area contributed by atoms with Crippen LogP contribution < -0.4 is 15.1 Å². The van der Waals surface area contributed by atoms with Gasteiger partial charge in [0, 0.05) is 43.2 Å². The fourth-order valence-electron chi connectivity index (χ4n) is 3.98. The first kappa shape index (κ1) is 19.1. The third-order valence-corrected chi connectivity index (χ3v) is 5.50. The van der Waals surface area contributed by atoms with Gasteiger partial charge in [0.05, 0.1) is 13.3 Å². The molecular formula is C20H24N6O3. The van der Waals surface area contributed by atoms with Crippen LogP contribution >= 0.6 is 0 Å². The Labute approximate surface area is 169 Å². The number of amides is 2.